The second-order valence-corrected chi connectivity index (χ2v) is 6.84. The van der Waals surface area contributed by atoms with E-state index in [4.69, 9.17) is 4.74 Å². The first-order valence-electron chi connectivity index (χ1n) is 7.78. The maximum atomic E-state index is 13.0. The number of carbonyl (C=O) groups excluding carboxylic acids is 1. The molecule has 0 bridgehead atoms. The molecule has 2 rings (SSSR count). The maximum Gasteiger partial charge on any atom is 0.407 e. The van der Waals surface area contributed by atoms with Gasteiger partial charge in [0.2, 0.25) is 0 Å². The second kappa shape index (κ2) is 7.09. The Morgan fingerprint density at radius 2 is 2.05 bits per heavy atom. The summed E-state index contributed by atoms with van der Waals surface area (Å²) in [6.45, 7) is 7.26. The smallest absolute Gasteiger partial charge is 0.407 e. The highest BCUT2D eigenvalue weighted by Crippen LogP contribution is 2.18. The van der Waals surface area contributed by atoms with Gasteiger partial charge in [-0.15, -0.1) is 0 Å². The molecule has 1 aromatic rings. The van der Waals surface area contributed by atoms with Crippen molar-refractivity contribution in [1.29, 1.82) is 0 Å². The molecule has 0 aliphatic carbocycles. The molecule has 1 aliphatic heterocycles. The number of ether oxygens (including phenoxy) is 1. The minimum atomic E-state index is -0.497. The molecule has 4 nitrogen and oxygen atoms in total. The zero-order valence-corrected chi connectivity index (χ0v) is 13.5. The first kappa shape index (κ1) is 16.7. The van der Waals surface area contributed by atoms with E-state index in [9.17, 15) is 9.18 Å². The maximum absolute atomic E-state index is 13.0. The summed E-state index contributed by atoms with van der Waals surface area (Å²) >= 11 is 0. The summed E-state index contributed by atoms with van der Waals surface area (Å²) in [4.78, 5) is 12.0. The minimum absolute atomic E-state index is 0.0705. The fraction of sp³-hybridized carbons (Fsp3) is 0.588. The van der Waals surface area contributed by atoms with Gasteiger partial charge in [-0.05, 0) is 63.8 Å². The van der Waals surface area contributed by atoms with Gasteiger partial charge in [-0.3, -0.25) is 0 Å². The summed E-state index contributed by atoms with van der Waals surface area (Å²) in [6.07, 6.45) is 1.29. The summed E-state index contributed by atoms with van der Waals surface area (Å²) in [5.74, 6) is 0.0423. The number of rotatable bonds is 3. The molecule has 1 fully saturated rings. The molecule has 1 aromatic carbocycles. The van der Waals surface area contributed by atoms with Gasteiger partial charge in [-0.1, -0.05) is 12.1 Å². The van der Waals surface area contributed by atoms with Gasteiger partial charge in [-0.25, -0.2) is 9.18 Å². The predicted molar refractivity (Wildman–Crippen MR) is 84.2 cm³/mol. The predicted octanol–water partition coefficient (Wildman–Crippen LogP) is 2.87. The van der Waals surface area contributed by atoms with Crippen LogP contribution in [0.25, 0.3) is 0 Å². The summed E-state index contributed by atoms with van der Waals surface area (Å²) < 4.78 is 18.3. The van der Waals surface area contributed by atoms with E-state index in [1.807, 2.05) is 20.8 Å². The number of halogens is 1. The van der Waals surface area contributed by atoms with E-state index in [0.29, 0.717) is 0 Å². The molecule has 0 spiro atoms. The molecule has 1 amide bonds. The number of nitrogens with one attached hydrogen (secondary N) is 2. The summed E-state index contributed by atoms with van der Waals surface area (Å²) in [5, 5.41) is 6.33. The van der Waals surface area contributed by atoms with Crippen molar-refractivity contribution in [2.45, 2.75) is 45.3 Å². The van der Waals surface area contributed by atoms with Gasteiger partial charge < -0.3 is 15.4 Å². The number of amides is 1. The van der Waals surface area contributed by atoms with E-state index in [-0.39, 0.29) is 23.9 Å². The van der Waals surface area contributed by atoms with Crippen LogP contribution in [0.5, 0.6) is 0 Å². The molecule has 0 saturated carbocycles. The van der Waals surface area contributed by atoms with Crippen molar-refractivity contribution >= 4 is 6.09 Å². The van der Waals surface area contributed by atoms with Crippen LogP contribution in [0.2, 0.25) is 0 Å². The van der Waals surface area contributed by atoms with E-state index in [0.717, 1.165) is 31.5 Å². The number of alkyl carbamates (subject to hydrolysis) is 1. The fourth-order valence-corrected chi connectivity index (χ4v) is 2.71. The Hall–Kier alpha value is -1.62. The van der Waals surface area contributed by atoms with Crippen LogP contribution in [-0.4, -0.2) is 30.8 Å². The Morgan fingerprint density at radius 3 is 2.68 bits per heavy atom. The SMILES string of the molecule is CC(C)(C)OC(=O)N[C@@H]1CCNC[C@@H]1Cc1ccc(F)cc1. The molecule has 0 unspecified atom stereocenters. The van der Waals surface area contributed by atoms with Crippen molar-refractivity contribution < 1.29 is 13.9 Å². The van der Waals surface area contributed by atoms with Gasteiger partial charge in [0.15, 0.2) is 0 Å². The average Bonchev–Trinajstić information content (AvgIpc) is 2.41. The highest BCUT2D eigenvalue weighted by Gasteiger charge is 2.28. The van der Waals surface area contributed by atoms with Crippen molar-refractivity contribution in [3.05, 3.63) is 35.6 Å². The third kappa shape index (κ3) is 5.30. The molecular weight excluding hydrogens is 283 g/mol. The lowest BCUT2D eigenvalue weighted by atomic mass is 9.87. The fourth-order valence-electron chi connectivity index (χ4n) is 2.71. The number of hydrogen-bond acceptors (Lipinski definition) is 3. The normalized spacial score (nSPS) is 22.2. The van der Waals surface area contributed by atoms with Gasteiger partial charge in [0.05, 0.1) is 0 Å². The highest BCUT2D eigenvalue weighted by molar-refractivity contribution is 5.68. The van der Waals surface area contributed by atoms with Crippen LogP contribution >= 0.6 is 0 Å². The van der Waals surface area contributed by atoms with Crippen LogP contribution in [0.15, 0.2) is 24.3 Å². The van der Waals surface area contributed by atoms with Crippen molar-refractivity contribution in [2.75, 3.05) is 13.1 Å². The van der Waals surface area contributed by atoms with Gasteiger partial charge in [0.25, 0.3) is 0 Å². The molecule has 1 heterocycles. The molecule has 5 heteroatoms. The van der Waals surface area contributed by atoms with Gasteiger partial charge >= 0.3 is 6.09 Å². The second-order valence-electron chi connectivity index (χ2n) is 6.84. The molecule has 122 valence electrons. The molecular formula is C17H25FN2O2. The molecule has 2 atom stereocenters. The van der Waals surface area contributed by atoms with E-state index < -0.39 is 5.60 Å². The van der Waals surface area contributed by atoms with E-state index >= 15 is 0 Å². The summed E-state index contributed by atoms with van der Waals surface area (Å²) in [6, 6.07) is 6.62. The topological polar surface area (TPSA) is 50.4 Å². The molecule has 1 aliphatic rings. The van der Waals surface area contributed by atoms with Crippen LogP contribution in [-0.2, 0) is 11.2 Å². The molecule has 0 radical (unpaired) electrons. The Labute approximate surface area is 131 Å². The Morgan fingerprint density at radius 1 is 1.36 bits per heavy atom. The lowest BCUT2D eigenvalue weighted by molar-refractivity contribution is 0.0473. The molecule has 22 heavy (non-hydrogen) atoms. The van der Waals surface area contributed by atoms with Crippen molar-refractivity contribution in [2.24, 2.45) is 5.92 Å². The summed E-state index contributed by atoms with van der Waals surface area (Å²) in [7, 11) is 0. The highest BCUT2D eigenvalue weighted by atomic mass is 19.1. The van der Waals surface area contributed by atoms with Gasteiger partial charge in [0, 0.05) is 12.6 Å². The largest absolute Gasteiger partial charge is 0.444 e. The van der Waals surface area contributed by atoms with Crippen molar-refractivity contribution in [3.63, 3.8) is 0 Å². The number of carbonyl (C=O) groups is 1. The number of benzene rings is 1. The lowest BCUT2D eigenvalue weighted by Gasteiger charge is -2.33. The van der Waals surface area contributed by atoms with Gasteiger partial charge in [-0.2, -0.15) is 0 Å². The first-order valence-corrected chi connectivity index (χ1v) is 7.78. The van der Waals surface area contributed by atoms with E-state index in [1.165, 1.54) is 12.1 Å². The van der Waals surface area contributed by atoms with Crippen LogP contribution in [0, 0.1) is 11.7 Å². The number of piperidine rings is 1. The van der Waals surface area contributed by atoms with Crippen LogP contribution in [0.3, 0.4) is 0 Å². The quantitative estimate of drug-likeness (QED) is 0.903. The third-order valence-electron chi connectivity index (χ3n) is 3.72. The van der Waals surface area contributed by atoms with Crippen LogP contribution in [0.4, 0.5) is 9.18 Å². The zero-order chi connectivity index (χ0) is 16.2. The Balaban J connectivity index is 1.96. The van der Waals surface area contributed by atoms with Crippen LogP contribution in [0.1, 0.15) is 32.8 Å². The monoisotopic (exact) mass is 308 g/mol. The zero-order valence-electron chi connectivity index (χ0n) is 13.5. The van der Waals surface area contributed by atoms with Crippen LogP contribution < -0.4 is 10.6 Å². The first-order chi connectivity index (χ1) is 10.3. The lowest BCUT2D eigenvalue weighted by Crippen LogP contribution is -2.51. The van der Waals surface area contributed by atoms with E-state index in [2.05, 4.69) is 10.6 Å². The summed E-state index contributed by atoms with van der Waals surface area (Å²) in [5.41, 5.74) is 0.579. The van der Waals surface area contributed by atoms with Gasteiger partial charge in [0.1, 0.15) is 11.4 Å². The average molecular weight is 308 g/mol. The number of hydrogen-bond donors (Lipinski definition) is 2. The molecule has 0 aromatic heterocycles. The molecule has 1 saturated heterocycles. The Kier molecular flexibility index (Phi) is 5.40. The van der Waals surface area contributed by atoms with E-state index in [1.54, 1.807) is 12.1 Å². The minimum Gasteiger partial charge on any atom is -0.444 e. The van der Waals surface area contributed by atoms with Crippen molar-refractivity contribution in [3.8, 4) is 0 Å². The standard InChI is InChI=1S/C17H25FN2O2/c1-17(2,3)22-16(21)20-15-8-9-19-11-13(15)10-12-4-6-14(18)7-5-12/h4-7,13,15,19H,8-11H2,1-3H3,(H,20,21)/t13-,15+/m0/s1. The molecule has 2 N–H and O–H groups in total. The van der Waals surface area contributed by atoms with Crippen molar-refractivity contribution in [1.82, 2.24) is 10.6 Å². The Bertz CT molecular complexity index is 496. The third-order valence-corrected chi connectivity index (χ3v) is 3.72.